The van der Waals surface area contributed by atoms with Gasteiger partial charge < -0.3 is 0 Å². The minimum absolute atomic E-state index is 0.209. The number of hydrogen-bond donors (Lipinski definition) is 1. The van der Waals surface area contributed by atoms with Gasteiger partial charge in [-0.25, -0.2) is 18.4 Å². The Kier molecular flexibility index (Phi) is 6.00. The van der Waals surface area contributed by atoms with Crippen molar-refractivity contribution in [2.24, 2.45) is 5.92 Å². The molecule has 33 heavy (non-hydrogen) atoms. The molecule has 1 N–H and O–H groups in total. The Morgan fingerprint density at radius 3 is 2.52 bits per heavy atom. The zero-order chi connectivity index (χ0) is 23.0. The summed E-state index contributed by atoms with van der Waals surface area (Å²) in [7, 11) is -3.54. The average Bonchev–Trinajstić information content (AvgIpc) is 3.46. The van der Waals surface area contributed by atoms with E-state index < -0.39 is 10.0 Å². The third-order valence-electron chi connectivity index (χ3n) is 5.73. The van der Waals surface area contributed by atoms with Crippen LogP contribution in [0.2, 0.25) is 0 Å². The molecule has 1 amide bonds. The molecule has 0 radical (unpaired) electrons. The standard InChI is InChI=1S/C23H22N4O3S3/c1-15-10-12-27(13-11-15)33(29,30)17-8-6-16(7-9-17)21(28)26-23-25-19(14-31-23)22-24-18-4-2-3-5-20(18)32-22/h2-9,14-15H,10-13H2,1H3,(H,25,26,28). The normalized spacial score (nSPS) is 15.7. The maximum absolute atomic E-state index is 12.9. The van der Waals surface area contributed by atoms with Gasteiger partial charge in [-0.2, -0.15) is 4.31 Å². The molecule has 0 aliphatic carbocycles. The summed E-state index contributed by atoms with van der Waals surface area (Å²) in [4.78, 5) is 22.0. The number of carbonyl (C=O) groups is 1. The fraction of sp³-hybridized carbons (Fsp3) is 0.261. The summed E-state index contributed by atoms with van der Waals surface area (Å²) in [6.07, 6.45) is 1.74. The molecule has 10 heteroatoms. The number of piperidine rings is 1. The fourth-order valence-electron chi connectivity index (χ4n) is 3.73. The molecule has 0 atom stereocenters. The Labute approximate surface area is 200 Å². The molecule has 1 fully saturated rings. The van der Waals surface area contributed by atoms with E-state index in [9.17, 15) is 13.2 Å². The molecule has 7 nitrogen and oxygen atoms in total. The molecule has 0 spiro atoms. The van der Waals surface area contributed by atoms with Gasteiger partial charge in [-0.3, -0.25) is 10.1 Å². The van der Waals surface area contributed by atoms with E-state index in [0.717, 1.165) is 28.1 Å². The van der Waals surface area contributed by atoms with Crippen molar-refractivity contribution in [2.75, 3.05) is 18.4 Å². The van der Waals surface area contributed by atoms with E-state index in [4.69, 9.17) is 0 Å². The van der Waals surface area contributed by atoms with Gasteiger partial charge in [-0.1, -0.05) is 19.1 Å². The van der Waals surface area contributed by atoms with Crippen molar-refractivity contribution in [2.45, 2.75) is 24.7 Å². The van der Waals surface area contributed by atoms with Crippen LogP contribution >= 0.6 is 22.7 Å². The van der Waals surface area contributed by atoms with E-state index in [0.29, 0.717) is 35.4 Å². The number of amides is 1. The number of rotatable bonds is 5. The molecule has 1 aliphatic heterocycles. The first-order valence-corrected chi connectivity index (χ1v) is 13.8. The van der Waals surface area contributed by atoms with Crippen molar-refractivity contribution in [3.63, 3.8) is 0 Å². The Bertz CT molecular complexity index is 1370. The topological polar surface area (TPSA) is 92.3 Å². The maximum Gasteiger partial charge on any atom is 0.257 e. The largest absolute Gasteiger partial charge is 0.298 e. The van der Waals surface area contributed by atoms with Gasteiger partial charge in [0.2, 0.25) is 10.0 Å². The zero-order valence-electron chi connectivity index (χ0n) is 17.9. The first-order chi connectivity index (χ1) is 15.9. The number of thiazole rings is 2. The van der Waals surface area contributed by atoms with E-state index in [1.165, 1.54) is 39.9 Å². The van der Waals surface area contributed by atoms with Crippen molar-refractivity contribution in [1.82, 2.24) is 14.3 Å². The van der Waals surface area contributed by atoms with Crippen LogP contribution in [0, 0.1) is 5.92 Å². The number of anilines is 1. The van der Waals surface area contributed by atoms with Gasteiger partial charge in [0.1, 0.15) is 10.7 Å². The van der Waals surface area contributed by atoms with E-state index in [2.05, 4.69) is 22.2 Å². The van der Waals surface area contributed by atoms with Crippen molar-refractivity contribution in [3.8, 4) is 10.7 Å². The molecule has 0 saturated carbocycles. The summed E-state index contributed by atoms with van der Waals surface area (Å²) in [5.41, 5.74) is 2.01. The van der Waals surface area contributed by atoms with Crippen LogP contribution in [0.15, 0.2) is 58.8 Å². The molecule has 2 aromatic heterocycles. The van der Waals surface area contributed by atoms with E-state index >= 15 is 0 Å². The van der Waals surface area contributed by atoms with Crippen LogP contribution in [0.1, 0.15) is 30.1 Å². The molecule has 4 aromatic rings. The molecule has 1 saturated heterocycles. The predicted molar refractivity (Wildman–Crippen MR) is 132 cm³/mol. The summed E-state index contributed by atoms with van der Waals surface area (Å²) in [5.74, 6) is 0.208. The third-order valence-corrected chi connectivity index (χ3v) is 9.46. The predicted octanol–water partition coefficient (Wildman–Crippen LogP) is 5.09. The van der Waals surface area contributed by atoms with Gasteiger partial charge in [0.05, 0.1) is 15.1 Å². The van der Waals surface area contributed by atoms with Crippen molar-refractivity contribution in [1.29, 1.82) is 0 Å². The van der Waals surface area contributed by atoms with Crippen molar-refractivity contribution in [3.05, 3.63) is 59.5 Å². The molecular weight excluding hydrogens is 476 g/mol. The van der Waals surface area contributed by atoms with Crippen molar-refractivity contribution < 1.29 is 13.2 Å². The third kappa shape index (κ3) is 4.56. The van der Waals surface area contributed by atoms with Gasteiger partial charge in [-0.15, -0.1) is 22.7 Å². The molecule has 3 heterocycles. The highest BCUT2D eigenvalue weighted by atomic mass is 32.2. The number of fused-ring (bicyclic) bond motifs is 1. The monoisotopic (exact) mass is 498 g/mol. The van der Waals surface area contributed by atoms with Crippen LogP contribution < -0.4 is 5.32 Å². The second kappa shape index (κ2) is 8.94. The number of carbonyl (C=O) groups excluding carboxylic acids is 1. The lowest BCUT2D eigenvalue weighted by Crippen LogP contribution is -2.37. The lowest BCUT2D eigenvalue weighted by Gasteiger charge is -2.29. The molecular formula is C23H22N4O3S3. The molecule has 1 aliphatic rings. The summed E-state index contributed by atoms with van der Waals surface area (Å²) < 4.78 is 28.4. The molecule has 2 aromatic carbocycles. The lowest BCUT2D eigenvalue weighted by atomic mass is 10.0. The number of nitrogens with zero attached hydrogens (tertiary/aromatic N) is 3. The van der Waals surface area contributed by atoms with Gasteiger partial charge in [0.15, 0.2) is 5.13 Å². The summed E-state index contributed by atoms with van der Waals surface area (Å²) in [5, 5.41) is 5.92. The Morgan fingerprint density at radius 1 is 1.06 bits per heavy atom. The van der Waals surface area contributed by atoms with Crippen LogP contribution in [0.25, 0.3) is 20.9 Å². The Hall–Kier alpha value is -2.66. The smallest absolute Gasteiger partial charge is 0.257 e. The quantitative estimate of drug-likeness (QED) is 0.414. The van der Waals surface area contributed by atoms with Crippen molar-refractivity contribution >= 4 is 54.0 Å². The highest BCUT2D eigenvalue weighted by Crippen LogP contribution is 2.32. The second-order valence-electron chi connectivity index (χ2n) is 8.09. The van der Waals surface area contributed by atoms with Crippen LogP contribution in [-0.2, 0) is 10.0 Å². The molecule has 5 rings (SSSR count). The van der Waals surface area contributed by atoms with Gasteiger partial charge >= 0.3 is 0 Å². The number of aromatic nitrogens is 2. The number of benzene rings is 2. The van der Waals surface area contributed by atoms with Crippen LogP contribution in [-0.4, -0.2) is 41.7 Å². The molecule has 170 valence electrons. The number of nitrogens with one attached hydrogen (secondary N) is 1. The molecule has 0 unspecified atom stereocenters. The van der Waals surface area contributed by atoms with E-state index in [1.54, 1.807) is 11.3 Å². The Balaban J connectivity index is 1.28. The molecule has 0 bridgehead atoms. The van der Waals surface area contributed by atoms with Gasteiger partial charge in [-0.05, 0) is 55.2 Å². The fourth-order valence-corrected chi connectivity index (χ4v) is 6.89. The Morgan fingerprint density at radius 2 is 1.79 bits per heavy atom. The van der Waals surface area contributed by atoms with Crippen LogP contribution in [0.3, 0.4) is 0 Å². The summed E-state index contributed by atoms with van der Waals surface area (Å²) >= 11 is 2.88. The second-order valence-corrected chi connectivity index (χ2v) is 11.9. The first kappa shape index (κ1) is 22.1. The van der Waals surface area contributed by atoms with E-state index in [1.807, 2.05) is 29.6 Å². The summed E-state index contributed by atoms with van der Waals surface area (Å²) in [6.45, 7) is 3.21. The zero-order valence-corrected chi connectivity index (χ0v) is 20.3. The minimum atomic E-state index is -3.54. The summed E-state index contributed by atoms with van der Waals surface area (Å²) in [6, 6.07) is 14.0. The van der Waals surface area contributed by atoms with Crippen LogP contribution in [0.5, 0.6) is 0 Å². The first-order valence-electron chi connectivity index (χ1n) is 10.6. The van der Waals surface area contributed by atoms with E-state index in [-0.39, 0.29) is 10.8 Å². The number of para-hydroxylation sites is 1. The lowest BCUT2D eigenvalue weighted by molar-refractivity contribution is 0.102. The van der Waals surface area contributed by atoms with Gasteiger partial charge in [0, 0.05) is 24.0 Å². The average molecular weight is 499 g/mol. The highest BCUT2D eigenvalue weighted by molar-refractivity contribution is 7.89. The SMILES string of the molecule is CC1CCN(S(=O)(=O)c2ccc(C(=O)Nc3nc(-c4nc5ccccc5s4)cs3)cc2)CC1. The maximum atomic E-state index is 12.9. The van der Waals surface area contributed by atoms with Crippen LogP contribution in [0.4, 0.5) is 5.13 Å². The minimum Gasteiger partial charge on any atom is -0.298 e. The van der Waals surface area contributed by atoms with Gasteiger partial charge in [0.25, 0.3) is 5.91 Å². The number of sulfonamides is 1. The number of hydrogen-bond acceptors (Lipinski definition) is 7. The highest BCUT2D eigenvalue weighted by Gasteiger charge is 2.28.